The molecule has 9 heteroatoms. The molecule has 6 atom stereocenters. The standard InChI is InChI=1S/C17H32N2O3.C15H30N2O2.C4H10/c1-8-9-10-12(4)15(20)14(19(6)7)17(22)16(21)13(18-5)11(2)3;1-7-8-13(18)14(11(4)5)17-15(19)12(16-6)9-10(2)3;1-3-4-2/h8-9,11-15,18,20H,10H2,1-7H3;10-12,14,16H,7-9H2,1-6H3,(H,17,19);3-4H2,1-2H3/b9-8+;;/t12-,13+,14?,15-;12-,14-;/m10./s1. The molecule has 0 bridgehead atoms. The Morgan fingerprint density at radius 3 is 1.62 bits per heavy atom. The van der Waals surface area contributed by atoms with E-state index < -0.39 is 29.8 Å². The molecule has 0 rings (SSSR count). The highest BCUT2D eigenvalue weighted by atomic mass is 16.3. The summed E-state index contributed by atoms with van der Waals surface area (Å²) in [5.74, 6) is -0.461. The Balaban J connectivity index is -0.000000705. The molecule has 45 heavy (non-hydrogen) atoms. The second-order valence-corrected chi connectivity index (χ2v) is 13.3. The zero-order chi connectivity index (χ0) is 35.9. The number of nitrogens with zero attached hydrogens (tertiary/aromatic N) is 1. The number of rotatable bonds is 20. The molecule has 9 nitrogen and oxygen atoms in total. The van der Waals surface area contributed by atoms with E-state index in [1.807, 2.05) is 60.6 Å². The van der Waals surface area contributed by atoms with Crippen molar-refractivity contribution in [2.24, 2.45) is 23.7 Å². The third-order valence-electron chi connectivity index (χ3n) is 7.66. The predicted octanol–water partition coefficient (Wildman–Crippen LogP) is 5.20. The maximum absolute atomic E-state index is 12.6. The second-order valence-electron chi connectivity index (χ2n) is 13.3. The molecule has 0 spiro atoms. The molecule has 1 unspecified atom stereocenters. The van der Waals surface area contributed by atoms with E-state index in [1.165, 1.54) is 12.8 Å². The largest absolute Gasteiger partial charge is 0.391 e. The van der Waals surface area contributed by atoms with Gasteiger partial charge in [0.05, 0.1) is 24.2 Å². The van der Waals surface area contributed by atoms with Gasteiger partial charge in [-0.05, 0) is 78.0 Å². The third kappa shape index (κ3) is 20.0. The van der Waals surface area contributed by atoms with E-state index in [-0.39, 0.29) is 41.5 Å². The summed E-state index contributed by atoms with van der Waals surface area (Å²) in [6, 6.07) is -1.93. The number of hydrogen-bond donors (Lipinski definition) is 4. The summed E-state index contributed by atoms with van der Waals surface area (Å²) >= 11 is 0. The fraction of sp³-hybridized carbons (Fsp3) is 0.833. The Morgan fingerprint density at radius 1 is 0.778 bits per heavy atom. The van der Waals surface area contributed by atoms with Gasteiger partial charge in [0.2, 0.25) is 17.5 Å². The number of carbonyl (C=O) groups excluding carboxylic acids is 4. The first-order chi connectivity index (χ1) is 20.9. The first-order valence-corrected chi connectivity index (χ1v) is 17.1. The van der Waals surface area contributed by atoms with Crippen molar-refractivity contribution >= 4 is 23.3 Å². The van der Waals surface area contributed by atoms with Crippen LogP contribution >= 0.6 is 0 Å². The Kier molecular flexibility index (Phi) is 28.7. The predicted molar refractivity (Wildman–Crippen MR) is 189 cm³/mol. The fourth-order valence-corrected chi connectivity index (χ4v) is 4.66. The molecule has 0 aromatic heterocycles. The van der Waals surface area contributed by atoms with Crippen LogP contribution in [-0.4, -0.2) is 91.7 Å². The van der Waals surface area contributed by atoms with E-state index in [1.54, 1.807) is 33.1 Å². The van der Waals surface area contributed by atoms with Crippen molar-refractivity contribution in [2.45, 2.75) is 145 Å². The van der Waals surface area contributed by atoms with Gasteiger partial charge < -0.3 is 21.1 Å². The van der Waals surface area contributed by atoms with E-state index in [9.17, 15) is 24.3 Å². The highest BCUT2D eigenvalue weighted by molar-refractivity contribution is 6.41. The fourth-order valence-electron chi connectivity index (χ4n) is 4.66. The maximum atomic E-state index is 12.6. The van der Waals surface area contributed by atoms with Gasteiger partial charge in [0.1, 0.15) is 6.04 Å². The van der Waals surface area contributed by atoms with Crippen molar-refractivity contribution in [3.63, 3.8) is 0 Å². The first kappa shape index (κ1) is 47.5. The van der Waals surface area contributed by atoms with Crippen molar-refractivity contribution in [2.75, 3.05) is 28.2 Å². The number of aliphatic hydroxyl groups is 1. The minimum Gasteiger partial charge on any atom is -0.391 e. The van der Waals surface area contributed by atoms with Gasteiger partial charge in [-0.3, -0.25) is 24.1 Å². The maximum Gasteiger partial charge on any atom is 0.237 e. The molecule has 0 aromatic rings. The van der Waals surface area contributed by atoms with Crippen LogP contribution in [0.3, 0.4) is 0 Å². The quantitative estimate of drug-likeness (QED) is 0.106. The molecule has 0 heterocycles. The number of carbonyl (C=O) groups is 4. The van der Waals surface area contributed by atoms with Gasteiger partial charge in [0.25, 0.3) is 0 Å². The highest BCUT2D eigenvalue weighted by Gasteiger charge is 2.38. The molecule has 0 aliphatic carbocycles. The topological polar surface area (TPSA) is 128 Å². The number of aliphatic hydroxyl groups excluding tert-OH is 1. The van der Waals surface area contributed by atoms with Crippen LogP contribution < -0.4 is 16.0 Å². The number of hydrogen-bond acceptors (Lipinski definition) is 8. The van der Waals surface area contributed by atoms with Crippen LogP contribution in [0, 0.1) is 23.7 Å². The zero-order valence-corrected chi connectivity index (χ0v) is 31.6. The van der Waals surface area contributed by atoms with Gasteiger partial charge in [-0.1, -0.05) is 94.2 Å². The molecule has 0 radical (unpaired) electrons. The molecule has 0 fully saturated rings. The normalized spacial score (nSPS) is 15.5. The molecular formula is C36H72N4O5. The molecule has 266 valence electrons. The van der Waals surface area contributed by atoms with Gasteiger partial charge in [0, 0.05) is 6.42 Å². The van der Waals surface area contributed by atoms with E-state index in [0.29, 0.717) is 18.8 Å². The lowest BCUT2D eigenvalue weighted by atomic mass is 9.87. The summed E-state index contributed by atoms with van der Waals surface area (Å²) in [5.41, 5.74) is 0. The number of likely N-dealkylation sites (N-methyl/N-ethyl adjacent to an activating group) is 3. The summed E-state index contributed by atoms with van der Waals surface area (Å²) in [5, 5.41) is 19.3. The molecular weight excluding hydrogens is 568 g/mol. The van der Waals surface area contributed by atoms with Crippen LogP contribution in [0.5, 0.6) is 0 Å². The summed E-state index contributed by atoms with van der Waals surface area (Å²) < 4.78 is 0. The highest BCUT2D eigenvalue weighted by Crippen LogP contribution is 2.18. The zero-order valence-electron chi connectivity index (χ0n) is 31.6. The number of nitrogens with one attached hydrogen (secondary N) is 3. The van der Waals surface area contributed by atoms with Crippen molar-refractivity contribution in [3.05, 3.63) is 12.2 Å². The van der Waals surface area contributed by atoms with Crippen molar-refractivity contribution in [3.8, 4) is 0 Å². The Hall–Kier alpha value is -1.94. The summed E-state index contributed by atoms with van der Waals surface area (Å²) in [6.45, 7) is 22.0. The van der Waals surface area contributed by atoms with E-state index in [0.717, 1.165) is 12.8 Å². The second kappa shape index (κ2) is 27.2. The lowest BCUT2D eigenvalue weighted by Gasteiger charge is -2.32. The lowest BCUT2D eigenvalue weighted by Crippen LogP contribution is -2.54. The minimum absolute atomic E-state index is 0.0156. The van der Waals surface area contributed by atoms with Crippen LogP contribution in [-0.2, 0) is 19.2 Å². The molecule has 0 saturated heterocycles. The summed E-state index contributed by atoms with van der Waals surface area (Å²) in [7, 11) is 6.88. The van der Waals surface area contributed by atoms with Crippen LogP contribution in [0.2, 0.25) is 0 Å². The number of ketones is 3. The number of Topliss-reactive ketones (excluding diaryl/α,β-unsaturated/α-hetero) is 3. The van der Waals surface area contributed by atoms with Crippen LogP contribution in [0.4, 0.5) is 0 Å². The Morgan fingerprint density at radius 2 is 1.29 bits per heavy atom. The molecule has 0 aliphatic rings. The van der Waals surface area contributed by atoms with Crippen molar-refractivity contribution in [1.82, 2.24) is 20.9 Å². The van der Waals surface area contributed by atoms with Crippen LogP contribution in [0.1, 0.15) is 115 Å². The van der Waals surface area contributed by atoms with Crippen LogP contribution in [0.15, 0.2) is 12.2 Å². The molecule has 0 aromatic carbocycles. The van der Waals surface area contributed by atoms with E-state index in [2.05, 4.69) is 43.6 Å². The smallest absolute Gasteiger partial charge is 0.237 e. The number of allylic oxidation sites excluding steroid dienone is 2. The monoisotopic (exact) mass is 641 g/mol. The van der Waals surface area contributed by atoms with Crippen LogP contribution in [0.25, 0.3) is 0 Å². The van der Waals surface area contributed by atoms with Gasteiger partial charge in [-0.2, -0.15) is 0 Å². The number of unbranched alkanes of at least 4 members (excludes halogenated alkanes) is 1. The van der Waals surface area contributed by atoms with Crippen molar-refractivity contribution < 1.29 is 24.3 Å². The minimum atomic E-state index is -0.882. The van der Waals surface area contributed by atoms with Crippen molar-refractivity contribution in [1.29, 1.82) is 0 Å². The van der Waals surface area contributed by atoms with Gasteiger partial charge >= 0.3 is 0 Å². The average Bonchev–Trinajstić information content (AvgIpc) is 2.97. The van der Waals surface area contributed by atoms with Gasteiger partial charge in [-0.15, -0.1) is 0 Å². The number of amides is 1. The summed E-state index contributed by atoms with van der Waals surface area (Å²) in [6.07, 6.45) is 8.41. The lowest BCUT2D eigenvalue weighted by molar-refractivity contribution is -0.144. The Labute approximate surface area is 277 Å². The molecule has 1 amide bonds. The SMILES string of the molecule is C/C=C/C[C@@H](C)[C@@H](O)C(C(=O)C(=O)[C@@H](NC)C(C)C)N(C)C.CCCC.CCCC(=O)[C@@H](NC(=O)[C@H](CC(C)C)NC)C(C)C. The first-order valence-electron chi connectivity index (χ1n) is 17.1. The van der Waals surface area contributed by atoms with E-state index >= 15 is 0 Å². The molecule has 4 N–H and O–H groups in total. The molecule has 0 saturated carbocycles. The average molecular weight is 641 g/mol. The summed E-state index contributed by atoms with van der Waals surface area (Å²) in [4.78, 5) is 50.9. The third-order valence-corrected chi connectivity index (χ3v) is 7.66. The Bertz CT molecular complexity index is 839. The van der Waals surface area contributed by atoms with Gasteiger partial charge in [0.15, 0.2) is 5.78 Å². The van der Waals surface area contributed by atoms with Gasteiger partial charge in [-0.25, -0.2) is 0 Å². The molecule has 0 aliphatic heterocycles. The van der Waals surface area contributed by atoms with E-state index in [4.69, 9.17) is 0 Å².